The molecule has 20 heavy (non-hydrogen) atoms. The summed E-state index contributed by atoms with van der Waals surface area (Å²) in [5.41, 5.74) is 1.53. The van der Waals surface area contributed by atoms with Crippen molar-refractivity contribution >= 4 is 27.1 Å². The van der Waals surface area contributed by atoms with Crippen molar-refractivity contribution in [2.75, 3.05) is 19.6 Å². The fourth-order valence-corrected chi connectivity index (χ4v) is 3.99. The Balaban J connectivity index is 1.67. The molecule has 6 heteroatoms. The molecule has 3 aliphatic heterocycles. The van der Waals surface area contributed by atoms with Crippen molar-refractivity contribution in [1.82, 2.24) is 19.4 Å². The minimum Gasteiger partial charge on any atom is -0.480 e. The van der Waals surface area contributed by atoms with Crippen LogP contribution in [0, 0.1) is 11.8 Å². The topological polar surface area (TPSA) is 54.2 Å². The van der Waals surface area contributed by atoms with Crippen molar-refractivity contribution in [3.8, 4) is 6.01 Å². The normalized spacial score (nSPS) is 29.1. The molecule has 0 amide bonds. The second-order valence-electron chi connectivity index (χ2n) is 5.92. The Bertz CT molecular complexity index is 648. The van der Waals surface area contributed by atoms with Gasteiger partial charge in [-0.25, -0.2) is 4.98 Å². The highest BCUT2D eigenvalue weighted by Crippen LogP contribution is 2.34. The maximum absolute atomic E-state index is 10.1. The average molecular weight is 337 g/mol. The molecule has 2 aromatic heterocycles. The van der Waals surface area contributed by atoms with Gasteiger partial charge in [-0.1, -0.05) is 0 Å². The lowest BCUT2D eigenvalue weighted by atomic mass is 9.79. The molecule has 0 spiro atoms. The van der Waals surface area contributed by atoms with E-state index in [0.29, 0.717) is 5.92 Å². The number of aromatic nitrogens is 3. The molecule has 0 saturated carbocycles. The molecule has 0 radical (unpaired) electrons. The summed E-state index contributed by atoms with van der Waals surface area (Å²) >= 11 is 3.39. The summed E-state index contributed by atoms with van der Waals surface area (Å²) in [7, 11) is 0. The number of halogens is 1. The third-order valence-corrected chi connectivity index (χ3v) is 5.17. The summed E-state index contributed by atoms with van der Waals surface area (Å²) in [6.07, 6.45) is 4.34. The average Bonchev–Trinajstić information content (AvgIpc) is 2.75. The van der Waals surface area contributed by atoms with Crippen LogP contribution in [0.2, 0.25) is 0 Å². The molecular formula is C14H17BrN4O. The maximum atomic E-state index is 10.1. The highest BCUT2D eigenvalue weighted by atomic mass is 79.9. The standard InChI is InChI=1S/C14H17BrN4O/c15-11-5-12-13(16-6-11)19(14(20)17-12)8-10-7-18-3-1-9(10)2-4-18/h5-6,9-10H,1-4,7-8H2,(H,17,20). The zero-order valence-electron chi connectivity index (χ0n) is 11.2. The third kappa shape index (κ3) is 2.02. The zero-order chi connectivity index (χ0) is 13.7. The van der Waals surface area contributed by atoms with Crippen molar-refractivity contribution in [1.29, 1.82) is 0 Å². The monoisotopic (exact) mass is 336 g/mol. The lowest BCUT2D eigenvalue weighted by Gasteiger charge is -2.44. The van der Waals surface area contributed by atoms with E-state index in [0.717, 1.165) is 34.6 Å². The van der Waals surface area contributed by atoms with Crippen molar-refractivity contribution in [3.05, 3.63) is 16.7 Å². The number of fused-ring (bicyclic) bond motifs is 4. The van der Waals surface area contributed by atoms with Crippen LogP contribution >= 0.6 is 15.9 Å². The van der Waals surface area contributed by atoms with Crippen LogP contribution in [0.25, 0.3) is 11.2 Å². The van der Waals surface area contributed by atoms with E-state index >= 15 is 0 Å². The molecule has 1 unspecified atom stereocenters. The van der Waals surface area contributed by atoms with Gasteiger partial charge in [0.1, 0.15) is 5.52 Å². The number of rotatable bonds is 2. The van der Waals surface area contributed by atoms with Crippen LogP contribution in [0.1, 0.15) is 12.8 Å². The Kier molecular flexibility index (Phi) is 2.96. The Morgan fingerprint density at radius 1 is 1.35 bits per heavy atom. The van der Waals surface area contributed by atoms with Crippen molar-refractivity contribution in [3.63, 3.8) is 0 Å². The first-order valence-electron chi connectivity index (χ1n) is 7.14. The van der Waals surface area contributed by atoms with Gasteiger partial charge in [-0.3, -0.25) is 4.57 Å². The number of imidazole rings is 1. The zero-order valence-corrected chi connectivity index (χ0v) is 12.8. The second kappa shape index (κ2) is 4.70. The number of aromatic hydroxyl groups is 1. The van der Waals surface area contributed by atoms with E-state index in [1.54, 1.807) is 6.20 Å². The van der Waals surface area contributed by atoms with Crippen LogP contribution in [-0.2, 0) is 6.54 Å². The highest BCUT2D eigenvalue weighted by Gasteiger charge is 2.34. The first-order chi connectivity index (χ1) is 9.70. The van der Waals surface area contributed by atoms with Crippen LogP contribution < -0.4 is 0 Å². The SMILES string of the molecule is Oc1nc2cc(Br)cnc2n1CC1CN2CCC1CC2. The summed E-state index contributed by atoms with van der Waals surface area (Å²) in [6, 6.07) is 1.98. The minimum atomic E-state index is 0.0852. The molecule has 1 N–H and O–H groups in total. The van der Waals surface area contributed by atoms with Crippen molar-refractivity contribution < 1.29 is 5.11 Å². The molecule has 0 aliphatic carbocycles. The molecule has 2 aromatic rings. The largest absolute Gasteiger partial charge is 0.480 e. The summed E-state index contributed by atoms with van der Waals surface area (Å²) in [5.74, 6) is 1.39. The number of nitrogens with zero attached hydrogens (tertiary/aromatic N) is 4. The Hall–Kier alpha value is -1.14. The highest BCUT2D eigenvalue weighted by molar-refractivity contribution is 9.10. The van der Waals surface area contributed by atoms with E-state index in [1.165, 1.54) is 25.9 Å². The molecule has 0 aromatic carbocycles. The van der Waals surface area contributed by atoms with E-state index in [-0.39, 0.29) is 6.01 Å². The third-order valence-electron chi connectivity index (χ3n) is 4.74. The molecule has 3 saturated heterocycles. The fraction of sp³-hybridized carbons (Fsp3) is 0.571. The maximum Gasteiger partial charge on any atom is 0.296 e. The molecule has 5 nitrogen and oxygen atoms in total. The van der Waals surface area contributed by atoms with Crippen molar-refractivity contribution in [2.24, 2.45) is 11.8 Å². The van der Waals surface area contributed by atoms with Crippen molar-refractivity contribution in [2.45, 2.75) is 19.4 Å². The molecule has 3 fully saturated rings. The summed E-state index contributed by atoms with van der Waals surface area (Å²) in [5, 5.41) is 10.1. The van der Waals surface area contributed by atoms with Gasteiger partial charge in [0.2, 0.25) is 0 Å². The van der Waals surface area contributed by atoms with Gasteiger partial charge in [0.15, 0.2) is 5.65 Å². The molecular weight excluding hydrogens is 320 g/mol. The van der Waals surface area contributed by atoms with E-state index in [9.17, 15) is 5.11 Å². The molecule has 5 heterocycles. The second-order valence-corrected chi connectivity index (χ2v) is 6.83. The number of hydrogen-bond acceptors (Lipinski definition) is 4. The van der Waals surface area contributed by atoms with Gasteiger partial charge in [0, 0.05) is 23.8 Å². The Labute approximate surface area is 125 Å². The van der Waals surface area contributed by atoms with Crippen LogP contribution in [0.15, 0.2) is 16.7 Å². The van der Waals surface area contributed by atoms with Crippen LogP contribution in [0.5, 0.6) is 6.01 Å². The van der Waals surface area contributed by atoms with Gasteiger partial charge in [-0.15, -0.1) is 0 Å². The lowest BCUT2D eigenvalue weighted by Crippen LogP contribution is -2.48. The first kappa shape index (κ1) is 12.6. The number of piperidine rings is 3. The predicted octanol–water partition coefficient (Wildman–Crippen LogP) is 2.24. The lowest BCUT2D eigenvalue weighted by molar-refractivity contribution is 0.0417. The molecule has 3 aliphatic rings. The van der Waals surface area contributed by atoms with Gasteiger partial charge in [-0.05, 0) is 59.8 Å². The quantitative estimate of drug-likeness (QED) is 0.913. The molecule has 106 valence electrons. The van der Waals surface area contributed by atoms with E-state index in [1.807, 2.05) is 10.6 Å². The summed E-state index contributed by atoms with van der Waals surface area (Å²) in [4.78, 5) is 11.2. The molecule has 1 atom stereocenters. The molecule has 2 bridgehead atoms. The Morgan fingerprint density at radius 2 is 2.15 bits per heavy atom. The first-order valence-corrected chi connectivity index (χ1v) is 7.93. The van der Waals surface area contributed by atoms with E-state index in [2.05, 4.69) is 30.8 Å². The van der Waals surface area contributed by atoms with Crippen LogP contribution in [0.4, 0.5) is 0 Å². The van der Waals surface area contributed by atoms with Gasteiger partial charge in [0.25, 0.3) is 6.01 Å². The fourth-order valence-electron chi connectivity index (χ4n) is 3.67. The summed E-state index contributed by atoms with van der Waals surface area (Å²) in [6.45, 7) is 4.44. The number of pyridine rings is 1. The van der Waals surface area contributed by atoms with Crippen LogP contribution in [-0.4, -0.2) is 44.2 Å². The minimum absolute atomic E-state index is 0.0852. The summed E-state index contributed by atoms with van der Waals surface area (Å²) < 4.78 is 2.76. The van der Waals surface area contributed by atoms with Crippen LogP contribution in [0.3, 0.4) is 0 Å². The predicted molar refractivity (Wildman–Crippen MR) is 79.5 cm³/mol. The van der Waals surface area contributed by atoms with E-state index in [4.69, 9.17) is 0 Å². The smallest absolute Gasteiger partial charge is 0.296 e. The van der Waals surface area contributed by atoms with Gasteiger partial charge in [-0.2, -0.15) is 4.98 Å². The Morgan fingerprint density at radius 3 is 2.85 bits per heavy atom. The van der Waals surface area contributed by atoms with Gasteiger partial charge in [0.05, 0.1) is 0 Å². The number of hydrogen-bond donors (Lipinski definition) is 1. The molecule has 5 rings (SSSR count). The van der Waals surface area contributed by atoms with Gasteiger partial charge < -0.3 is 10.0 Å². The van der Waals surface area contributed by atoms with E-state index < -0.39 is 0 Å². The van der Waals surface area contributed by atoms with Gasteiger partial charge >= 0.3 is 0 Å².